The van der Waals surface area contributed by atoms with E-state index in [0.29, 0.717) is 16.5 Å². The number of piperidine rings is 1. The van der Waals surface area contributed by atoms with Gasteiger partial charge in [-0.05, 0) is 43.5 Å². The predicted molar refractivity (Wildman–Crippen MR) is 98.9 cm³/mol. The first-order valence-electron chi connectivity index (χ1n) is 8.52. The van der Waals surface area contributed by atoms with Gasteiger partial charge in [-0.2, -0.15) is 0 Å². The third-order valence-electron chi connectivity index (χ3n) is 4.66. The summed E-state index contributed by atoms with van der Waals surface area (Å²) < 4.78 is 1.81. The SMILES string of the molecule is Cc1ccccc1SC1CCN(C(=O)c2ccn3cnnc3c2)CC1. The molecule has 25 heavy (non-hydrogen) atoms. The Morgan fingerprint density at radius 3 is 2.80 bits per heavy atom. The van der Waals surface area contributed by atoms with Crippen molar-refractivity contribution in [3.8, 4) is 0 Å². The van der Waals surface area contributed by atoms with Gasteiger partial charge in [0.15, 0.2) is 5.65 Å². The van der Waals surface area contributed by atoms with Crippen LogP contribution < -0.4 is 0 Å². The van der Waals surface area contributed by atoms with Crippen molar-refractivity contribution in [2.24, 2.45) is 0 Å². The summed E-state index contributed by atoms with van der Waals surface area (Å²) in [5.74, 6) is 0.0878. The summed E-state index contributed by atoms with van der Waals surface area (Å²) in [6.45, 7) is 3.77. The lowest BCUT2D eigenvalue weighted by atomic mass is 10.1. The molecule has 6 heteroatoms. The van der Waals surface area contributed by atoms with Crippen molar-refractivity contribution in [2.45, 2.75) is 29.9 Å². The Balaban J connectivity index is 1.39. The molecule has 4 rings (SSSR count). The highest BCUT2D eigenvalue weighted by atomic mass is 32.2. The number of aryl methyl sites for hydroxylation is 1. The molecule has 3 heterocycles. The van der Waals surface area contributed by atoms with E-state index in [1.807, 2.05) is 39.4 Å². The molecule has 0 aliphatic carbocycles. The number of aromatic nitrogens is 3. The number of pyridine rings is 1. The quantitative estimate of drug-likeness (QED) is 0.725. The number of hydrogen-bond acceptors (Lipinski definition) is 4. The van der Waals surface area contributed by atoms with E-state index in [9.17, 15) is 4.79 Å². The molecule has 0 saturated carbocycles. The highest BCUT2D eigenvalue weighted by Crippen LogP contribution is 2.32. The summed E-state index contributed by atoms with van der Waals surface area (Å²) in [6, 6.07) is 12.2. The average molecular weight is 352 g/mol. The van der Waals surface area contributed by atoms with Crippen LogP contribution in [-0.2, 0) is 0 Å². The number of amides is 1. The lowest BCUT2D eigenvalue weighted by Gasteiger charge is -2.32. The standard InChI is InChI=1S/C19H20N4OS/c1-14-4-2-3-5-17(14)25-16-7-10-22(11-8-16)19(24)15-6-9-23-13-20-21-18(23)12-15/h2-6,9,12-13,16H,7-8,10-11H2,1H3. The Morgan fingerprint density at radius 1 is 1.20 bits per heavy atom. The molecule has 2 aromatic heterocycles. The summed E-state index contributed by atoms with van der Waals surface area (Å²) in [6.07, 6.45) is 5.52. The second-order valence-electron chi connectivity index (χ2n) is 6.39. The lowest BCUT2D eigenvalue weighted by molar-refractivity contribution is 0.0727. The Hall–Kier alpha value is -2.34. The van der Waals surface area contributed by atoms with E-state index >= 15 is 0 Å². The maximum absolute atomic E-state index is 12.7. The maximum atomic E-state index is 12.7. The van der Waals surface area contributed by atoms with E-state index in [-0.39, 0.29) is 5.91 Å². The molecule has 0 N–H and O–H groups in total. The summed E-state index contributed by atoms with van der Waals surface area (Å²) in [7, 11) is 0. The summed E-state index contributed by atoms with van der Waals surface area (Å²) in [5.41, 5.74) is 2.72. The Kier molecular flexibility index (Phi) is 4.44. The van der Waals surface area contributed by atoms with E-state index < -0.39 is 0 Å². The van der Waals surface area contributed by atoms with Crippen molar-refractivity contribution in [3.63, 3.8) is 0 Å². The van der Waals surface area contributed by atoms with Crippen LogP contribution in [0.1, 0.15) is 28.8 Å². The number of fused-ring (bicyclic) bond motifs is 1. The van der Waals surface area contributed by atoms with Crippen LogP contribution >= 0.6 is 11.8 Å². The van der Waals surface area contributed by atoms with Gasteiger partial charge in [0.2, 0.25) is 0 Å². The highest BCUT2D eigenvalue weighted by Gasteiger charge is 2.24. The number of nitrogens with zero attached hydrogens (tertiary/aromatic N) is 4. The van der Waals surface area contributed by atoms with Crippen molar-refractivity contribution < 1.29 is 4.79 Å². The molecule has 0 spiro atoms. The van der Waals surface area contributed by atoms with Crippen LogP contribution in [0.25, 0.3) is 5.65 Å². The van der Waals surface area contributed by atoms with Crippen LogP contribution in [-0.4, -0.2) is 43.7 Å². The highest BCUT2D eigenvalue weighted by molar-refractivity contribution is 8.00. The molecule has 1 amide bonds. The van der Waals surface area contributed by atoms with Crippen LogP contribution in [0.4, 0.5) is 0 Å². The second-order valence-corrected chi connectivity index (χ2v) is 7.73. The number of carbonyl (C=O) groups is 1. The molecule has 128 valence electrons. The molecule has 1 fully saturated rings. The largest absolute Gasteiger partial charge is 0.339 e. The minimum atomic E-state index is 0.0878. The van der Waals surface area contributed by atoms with Gasteiger partial charge in [-0.3, -0.25) is 9.20 Å². The van der Waals surface area contributed by atoms with Gasteiger partial charge in [0.05, 0.1) is 0 Å². The lowest BCUT2D eigenvalue weighted by Crippen LogP contribution is -2.39. The van der Waals surface area contributed by atoms with Crippen LogP contribution in [0.15, 0.2) is 53.8 Å². The van der Waals surface area contributed by atoms with Gasteiger partial charge in [0.25, 0.3) is 5.91 Å². The van der Waals surface area contributed by atoms with Crippen LogP contribution in [0.2, 0.25) is 0 Å². The molecule has 0 atom stereocenters. The minimum absolute atomic E-state index is 0.0878. The number of thioether (sulfide) groups is 1. The molecule has 1 aliphatic heterocycles. The third-order valence-corrected chi connectivity index (χ3v) is 6.18. The van der Waals surface area contributed by atoms with Gasteiger partial charge >= 0.3 is 0 Å². The summed E-state index contributed by atoms with van der Waals surface area (Å²) >= 11 is 1.94. The second kappa shape index (κ2) is 6.88. The summed E-state index contributed by atoms with van der Waals surface area (Å²) in [4.78, 5) is 16.1. The van der Waals surface area contributed by atoms with Crippen molar-refractivity contribution in [2.75, 3.05) is 13.1 Å². The van der Waals surface area contributed by atoms with Gasteiger partial charge in [0, 0.05) is 35.0 Å². The number of carbonyl (C=O) groups excluding carboxylic acids is 1. The first-order valence-corrected chi connectivity index (χ1v) is 9.39. The molecular weight excluding hydrogens is 332 g/mol. The minimum Gasteiger partial charge on any atom is -0.339 e. The van der Waals surface area contributed by atoms with Crippen LogP contribution in [0.5, 0.6) is 0 Å². The van der Waals surface area contributed by atoms with E-state index in [1.54, 1.807) is 6.33 Å². The van der Waals surface area contributed by atoms with E-state index in [0.717, 1.165) is 25.9 Å². The molecule has 5 nitrogen and oxygen atoms in total. The van der Waals surface area contributed by atoms with Gasteiger partial charge < -0.3 is 4.90 Å². The van der Waals surface area contributed by atoms with Gasteiger partial charge in [0.1, 0.15) is 6.33 Å². The predicted octanol–water partition coefficient (Wildman–Crippen LogP) is 3.43. The molecule has 0 bridgehead atoms. The molecule has 0 radical (unpaired) electrons. The van der Waals surface area contributed by atoms with Crippen molar-refractivity contribution >= 4 is 23.3 Å². The zero-order valence-corrected chi connectivity index (χ0v) is 14.9. The zero-order valence-electron chi connectivity index (χ0n) is 14.1. The van der Waals surface area contributed by atoms with Gasteiger partial charge in [-0.15, -0.1) is 22.0 Å². The maximum Gasteiger partial charge on any atom is 0.254 e. The molecule has 3 aromatic rings. The molecule has 1 saturated heterocycles. The number of rotatable bonds is 3. The topological polar surface area (TPSA) is 50.5 Å². The number of hydrogen-bond donors (Lipinski definition) is 0. The van der Waals surface area contributed by atoms with Crippen molar-refractivity contribution in [3.05, 3.63) is 60.0 Å². The normalized spacial score (nSPS) is 15.6. The van der Waals surface area contributed by atoms with Gasteiger partial charge in [-0.1, -0.05) is 18.2 Å². The van der Waals surface area contributed by atoms with Crippen molar-refractivity contribution in [1.82, 2.24) is 19.5 Å². The van der Waals surface area contributed by atoms with Crippen LogP contribution in [0.3, 0.4) is 0 Å². The first kappa shape index (κ1) is 16.1. The van der Waals surface area contributed by atoms with E-state index in [1.165, 1.54) is 10.5 Å². The molecule has 1 aromatic carbocycles. The summed E-state index contributed by atoms with van der Waals surface area (Å²) in [5, 5.41) is 8.44. The Labute approximate surface area is 151 Å². The average Bonchev–Trinajstić information content (AvgIpc) is 3.11. The third kappa shape index (κ3) is 3.39. The van der Waals surface area contributed by atoms with E-state index in [4.69, 9.17) is 0 Å². The zero-order chi connectivity index (χ0) is 17.2. The first-order chi connectivity index (χ1) is 12.2. The molecule has 1 aliphatic rings. The van der Waals surface area contributed by atoms with Gasteiger partial charge in [-0.25, -0.2) is 0 Å². The van der Waals surface area contributed by atoms with Crippen LogP contribution in [0, 0.1) is 6.92 Å². The van der Waals surface area contributed by atoms with E-state index in [2.05, 4.69) is 41.4 Å². The monoisotopic (exact) mass is 352 g/mol. The number of benzene rings is 1. The molecular formula is C19H20N4OS. The smallest absolute Gasteiger partial charge is 0.254 e. The Bertz CT molecular complexity index is 899. The fourth-order valence-corrected chi connectivity index (χ4v) is 4.39. The fraction of sp³-hybridized carbons (Fsp3) is 0.316. The molecule has 0 unspecified atom stereocenters. The van der Waals surface area contributed by atoms with Crippen molar-refractivity contribution in [1.29, 1.82) is 0 Å². The fourth-order valence-electron chi connectivity index (χ4n) is 3.18. The number of likely N-dealkylation sites (tertiary alicyclic amines) is 1. The Morgan fingerprint density at radius 2 is 2.00 bits per heavy atom.